The van der Waals surface area contributed by atoms with Crippen LogP contribution in [0.1, 0.15) is 39.8 Å². The summed E-state index contributed by atoms with van der Waals surface area (Å²) in [5.41, 5.74) is 8.11. The van der Waals surface area contributed by atoms with E-state index < -0.39 is 0 Å². The third-order valence-corrected chi connectivity index (χ3v) is 2.11. The van der Waals surface area contributed by atoms with Crippen LogP contribution in [-0.4, -0.2) is 10.2 Å². The van der Waals surface area contributed by atoms with Crippen molar-refractivity contribution in [2.75, 3.05) is 0 Å². The van der Waals surface area contributed by atoms with Gasteiger partial charge in [0.25, 0.3) is 0 Å². The lowest BCUT2D eigenvalue weighted by Crippen LogP contribution is -1.96. The minimum absolute atomic E-state index is 0.440. The molecule has 2 N–H and O–H groups in total. The molecule has 1 rings (SSSR count). The summed E-state index contributed by atoms with van der Waals surface area (Å²) in [6.45, 7) is 13.5. The van der Waals surface area contributed by atoms with Gasteiger partial charge in [-0.05, 0) is 38.0 Å². The van der Waals surface area contributed by atoms with Gasteiger partial charge in [-0.15, -0.1) is 5.10 Å². The van der Waals surface area contributed by atoms with E-state index in [0.29, 0.717) is 10.9 Å². The summed E-state index contributed by atoms with van der Waals surface area (Å²) in [6, 6.07) is 3.53. The summed E-state index contributed by atoms with van der Waals surface area (Å²) in [4.78, 5) is 0. The van der Waals surface area contributed by atoms with Crippen LogP contribution in [0.15, 0.2) is 36.1 Å². The molecule has 0 aliphatic rings. The first-order valence-corrected chi connectivity index (χ1v) is 6.44. The fourth-order valence-corrected chi connectivity index (χ4v) is 1.10. The number of halogens is 1. The molecule has 0 amide bonds. The molecule has 0 aromatic carbocycles. The van der Waals surface area contributed by atoms with Crippen molar-refractivity contribution in [2.24, 2.45) is 5.73 Å². The van der Waals surface area contributed by atoms with E-state index >= 15 is 0 Å². The van der Waals surface area contributed by atoms with Crippen molar-refractivity contribution in [3.8, 4) is 0 Å². The molecule has 18 heavy (non-hydrogen) atoms. The minimum atomic E-state index is 0.440. The average Bonchev–Trinajstić information content (AvgIpc) is 2.37. The van der Waals surface area contributed by atoms with Gasteiger partial charge in [0.05, 0.1) is 5.69 Å². The number of aryl methyl sites for hydroxylation is 1. The lowest BCUT2D eigenvalue weighted by atomic mass is 10.1. The largest absolute Gasteiger partial charge is 0.399 e. The number of nitrogens with two attached hydrogens (primary N) is 1. The molecular weight excluding hydrogens is 246 g/mol. The molecule has 0 atom stereocenters. The van der Waals surface area contributed by atoms with Crippen LogP contribution in [0.5, 0.6) is 0 Å². The van der Waals surface area contributed by atoms with Gasteiger partial charge in [0.2, 0.25) is 0 Å². The molecule has 1 heterocycles. The third-order valence-electron chi connectivity index (χ3n) is 1.91. The Morgan fingerprint density at radius 3 is 2.11 bits per heavy atom. The fraction of sp³-hybridized carbons (Fsp3) is 0.429. The van der Waals surface area contributed by atoms with Crippen LogP contribution >= 0.6 is 11.6 Å². The Balaban J connectivity index is 0. The number of rotatable bonds is 2. The van der Waals surface area contributed by atoms with Gasteiger partial charge in [-0.25, -0.2) is 0 Å². The highest BCUT2D eigenvalue weighted by atomic mass is 35.5. The maximum atomic E-state index is 5.44. The molecule has 0 fully saturated rings. The average molecular weight is 270 g/mol. The molecule has 0 aliphatic heterocycles. The molecule has 4 heteroatoms. The van der Waals surface area contributed by atoms with Crippen LogP contribution in [0.3, 0.4) is 0 Å². The third kappa shape index (κ3) is 9.85. The van der Waals surface area contributed by atoms with E-state index in [1.807, 2.05) is 39.8 Å². The zero-order valence-corrected chi connectivity index (χ0v) is 12.8. The first-order valence-electron chi connectivity index (χ1n) is 6.07. The topological polar surface area (TPSA) is 51.8 Å². The molecule has 0 spiro atoms. The Kier molecular flexibility index (Phi) is 12.8. The van der Waals surface area contributed by atoms with Crippen LogP contribution in [0, 0.1) is 6.92 Å². The normalized spacial score (nSPS) is 9.56. The standard InChI is InChI=1S/C7H13N.C5H5ClN2.C2H6/c1-4-7(5-2)6(3)8;1-4-2-3-5(6)8-7-4;1-2/h4H,3,5,8H2,1-2H3;2-3H,1H3;1-2H3/b7-4-;;. The first-order chi connectivity index (χ1) is 8.51. The molecular formula is C14H24ClN3. The van der Waals surface area contributed by atoms with Gasteiger partial charge in [-0.2, -0.15) is 5.10 Å². The predicted octanol–water partition coefficient (Wildman–Crippen LogP) is 4.28. The maximum absolute atomic E-state index is 5.44. The van der Waals surface area contributed by atoms with Gasteiger partial charge >= 0.3 is 0 Å². The Morgan fingerprint density at radius 2 is 1.94 bits per heavy atom. The molecule has 0 bridgehead atoms. The Bertz CT molecular complexity index is 335. The molecule has 0 saturated carbocycles. The number of aromatic nitrogens is 2. The van der Waals surface area contributed by atoms with E-state index in [4.69, 9.17) is 17.3 Å². The van der Waals surface area contributed by atoms with Gasteiger partial charge in [0.15, 0.2) is 5.15 Å². The van der Waals surface area contributed by atoms with E-state index in [0.717, 1.165) is 17.7 Å². The monoisotopic (exact) mass is 269 g/mol. The van der Waals surface area contributed by atoms with Crippen molar-refractivity contribution in [1.29, 1.82) is 0 Å². The Hall–Kier alpha value is -1.35. The van der Waals surface area contributed by atoms with Crippen molar-refractivity contribution in [3.63, 3.8) is 0 Å². The lowest BCUT2D eigenvalue weighted by molar-refractivity contribution is 0.981. The highest BCUT2D eigenvalue weighted by Crippen LogP contribution is 2.04. The second kappa shape index (κ2) is 12.1. The van der Waals surface area contributed by atoms with E-state index in [9.17, 15) is 0 Å². The molecule has 0 radical (unpaired) electrons. The van der Waals surface area contributed by atoms with Crippen molar-refractivity contribution < 1.29 is 0 Å². The molecule has 0 unspecified atom stereocenters. The van der Waals surface area contributed by atoms with E-state index in [-0.39, 0.29) is 0 Å². The molecule has 0 aliphatic carbocycles. The van der Waals surface area contributed by atoms with Crippen LogP contribution in [0.4, 0.5) is 0 Å². The Morgan fingerprint density at radius 1 is 1.39 bits per heavy atom. The second-order valence-corrected chi connectivity index (χ2v) is 3.58. The highest BCUT2D eigenvalue weighted by Gasteiger charge is 1.89. The van der Waals surface area contributed by atoms with Crippen molar-refractivity contribution in [2.45, 2.75) is 41.0 Å². The van der Waals surface area contributed by atoms with Crippen LogP contribution in [0.2, 0.25) is 5.15 Å². The molecule has 0 saturated heterocycles. The smallest absolute Gasteiger partial charge is 0.151 e. The summed E-state index contributed by atoms with van der Waals surface area (Å²) in [5.74, 6) is 0. The summed E-state index contributed by atoms with van der Waals surface area (Å²) in [5, 5.41) is 7.73. The zero-order valence-electron chi connectivity index (χ0n) is 12.0. The summed E-state index contributed by atoms with van der Waals surface area (Å²) >= 11 is 5.44. The number of hydrogen-bond acceptors (Lipinski definition) is 3. The molecule has 1 aromatic heterocycles. The summed E-state index contributed by atoms with van der Waals surface area (Å²) in [7, 11) is 0. The van der Waals surface area contributed by atoms with Gasteiger partial charge in [-0.1, -0.05) is 45.0 Å². The summed E-state index contributed by atoms with van der Waals surface area (Å²) in [6.07, 6.45) is 2.97. The maximum Gasteiger partial charge on any atom is 0.151 e. The van der Waals surface area contributed by atoms with Crippen molar-refractivity contribution in [1.82, 2.24) is 10.2 Å². The number of allylic oxidation sites excluding steroid dienone is 2. The second-order valence-electron chi connectivity index (χ2n) is 3.19. The van der Waals surface area contributed by atoms with E-state index in [2.05, 4.69) is 23.7 Å². The number of nitrogens with zero attached hydrogens (tertiary/aromatic N) is 2. The van der Waals surface area contributed by atoms with Crippen molar-refractivity contribution >= 4 is 11.6 Å². The lowest BCUT2D eigenvalue weighted by Gasteiger charge is -1.98. The van der Waals surface area contributed by atoms with Crippen LogP contribution in [-0.2, 0) is 0 Å². The zero-order chi connectivity index (χ0) is 14.6. The quantitative estimate of drug-likeness (QED) is 0.816. The van der Waals surface area contributed by atoms with Crippen LogP contribution < -0.4 is 5.73 Å². The molecule has 1 aromatic rings. The number of hydrogen-bond donors (Lipinski definition) is 1. The fourth-order valence-electron chi connectivity index (χ4n) is 0.999. The SMILES string of the molecule is C=C(N)/C(=C\C)CC.CC.Cc1ccc(Cl)nn1. The Labute approximate surface area is 116 Å². The molecule has 102 valence electrons. The van der Waals surface area contributed by atoms with E-state index in [1.54, 1.807) is 6.07 Å². The van der Waals surface area contributed by atoms with Gasteiger partial charge in [0, 0.05) is 5.70 Å². The van der Waals surface area contributed by atoms with E-state index in [1.165, 1.54) is 0 Å². The minimum Gasteiger partial charge on any atom is -0.399 e. The summed E-state index contributed by atoms with van der Waals surface area (Å²) < 4.78 is 0. The highest BCUT2D eigenvalue weighted by molar-refractivity contribution is 6.29. The molecule has 3 nitrogen and oxygen atoms in total. The predicted molar refractivity (Wildman–Crippen MR) is 80.5 cm³/mol. The first kappa shape index (κ1) is 19.0. The van der Waals surface area contributed by atoms with Gasteiger partial charge in [-0.3, -0.25) is 0 Å². The van der Waals surface area contributed by atoms with Crippen LogP contribution in [0.25, 0.3) is 0 Å². The van der Waals surface area contributed by atoms with Crippen molar-refractivity contribution in [3.05, 3.63) is 46.9 Å². The van der Waals surface area contributed by atoms with Gasteiger partial charge < -0.3 is 5.73 Å². The van der Waals surface area contributed by atoms with Gasteiger partial charge in [0.1, 0.15) is 0 Å².